The Balaban J connectivity index is 1.75. The highest BCUT2D eigenvalue weighted by molar-refractivity contribution is 6.07. The van der Waals surface area contributed by atoms with Crippen LogP contribution in [0.25, 0.3) is 0 Å². The van der Waals surface area contributed by atoms with Crippen LogP contribution < -0.4 is 10.2 Å². The van der Waals surface area contributed by atoms with Crippen LogP contribution in [0.4, 0.5) is 10.1 Å². The Morgan fingerprint density at radius 3 is 2.61 bits per heavy atom. The maximum absolute atomic E-state index is 13.9. The van der Waals surface area contributed by atoms with Crippen LogP contribution in [0.3, 0.4) is 0 Å². The number of nitrogens with one attached hydrogen (secondary N) is 1. The van der Waals surface area contributed by atoms with Crippen LogP contribution in [0.2, 0.25) is 0 Å². The van der Waals surface area contributed by atoms with E-state index in [4.69, 9.17) is 5.11 Å². The molecule has 3 rings (SSSR count). The summed E-state index contributed by atoms with van der Waals surface area (Å²) in [7, 11) is 0. The Morgan fingerprint density at radius 1 is 1.30 bits per heavy atom. The van der Waals surface area contributed by atoms with E-state index in [9.17, 15) is 18.8 Å². The van der Waals surface area contributed by atoms with Gasteiger partial charge in [-0.15, -0.1) is 0 Å². The van der Waals surface area contributed by atoms with Crippen LogP contribution >= 0.6 is 0 Å². The number of aliphatic carboxylic acids is 1. The third kappa shape index (κ3) is 2.67. The summed E-state index contributed by atoms with van der Waals surface area (Å²) >= 11 is 0. The molecule has 1 unspecified atom stereocenters. The van der Waals surface area contributed by atoms with Crippen LogP contribution in [0.5, 0.6) is 0 Å². The zero-order valence-corrected chi connectivity index (χ0v) is 12.4. The van der Waals surface area contributed by atoms with Crippen LogP contribution in [-0.2, 0) is 14.4 Å². The minimum absolute atomic E-state index is 0.177. The van der Waals surface area contributed by atoms with Crippen molar-refractivity contribution >= 4 is 23.5 Å². The number of anilines is 1. The van der Waals surface area contributed by atoms with Gasteiger partial charge in [-0.05, 0) is 37.8 Å². The first-order valence-corrected chi connectivity index (χ1v) is 7.56. The van der Waals surface area contributed by atoms with Crippen LogP contribution in [0, 0.1) is 11.2 Å². The molecule has 1 aliphatic carbocycles. The van der Waals surface area contributed by atoms with E-state index >= 15 is 0 Å². The number of hydrogen-bond donors (Lipinski definition) is 2. The Hall–Kier alpha value is -2.44. The number of amides is 2. The number of para-hydroxylation sites is 1. The average molecular weight is 320 g/mol. The van der Waals surface area contributed by atoms with Gasteiger partial charge in [0.2, 0.25) is 11.8 Å². The fourth-order valence-electron chi connectivity index (χ4n) is 2.88. The lowest BCUT2D eigenvalue weighted by molar-refractivity contribution is -0.150. The van der Waals surface area contributed by atoms with Crippen molar-refractivity contribution in [2.24, 2.45) is 5.41 Å². The second kappa shape index (κ2) is 5.64. The number of halogens is 1. The lowest BCUT2D eigenvalue weighted by atomic mass is 10.0. The summed E-state index contributed by atoms with van der Waals surface area (Å²) in [4.78, 5) is 37.2. The molecular weight excluding hydrogens is 303 g/mol. The van der Waals surface area contributed by atoms with E-state index in [0.29, 0.717) is 19.4 Å². The van der Waals surface area contributed by atoms with E-state index in [-0.39, 0.29) is 18.5 Å². The first kappa shape index (κ1) is 15.5. The molecule has 1 aliphatic heterocycles. The Bertz CT molecular complexity index is 672. The number of rotatable bonds is 4. The van der Waals surface area contributed by atoms with Crippen molar-refractivity contribution in [3.05, 3.63) is 30.1 Å². The van der Waals surface area contributed by atoms with Crippen LogP contribution in [-0.4, -0.2) is 35.5 Å². The number of benzene rings is 1. The minimum atomic E-state index is -1.39. The zero-order chi connectivity index (χ0) is 16.6. The molecule has 0 radical (unpaired) electrons. The smallest absolute Gasteiger partial charge is 0.319 e. The number of carbonyl (C=O) groups is 3. The summed E-state index contributed by atoms with van der Waals surface area (Å²) in [5, 5.41) is 11.7. The van der Waals surface area contributed by atoms with Gasteiger partial charge < -0.3 is 15.3 Å². The van der Waals surface area contributed by atoms with Crippen molar-refractivity contribution < 1.29 is 23.9 Å². The quantitative estimate of drug-likeness (QED) is 0.819. The molecule has 122 valence electrons. The summed E-state index contributed by atoms with van der Waals surface area (Å²) in [6, 6.07) is 5.15. The average Bonchev–Trinajstić information content (AvgIpc) is 3.32. The largest absolute Gasteiger partial charge is 0.480 e. The third-order valence-corrected chi connectivity index (χ3v) is 4.48. The molecule has 7 heteroatoms. The second-order valence-electron chi connectivity index (χ2n) is 6.00. The second-order valence-corrected chi connectivity index (χ2v) is 6.00. The van der Waals surface area contributed by atoms with Crippen molar-refractivity contribution in [3.8, 4) is 0 Å². The summed E-state index contributed by atoms with van der Waals surface area (Å²) in [5.74, 6) is -2.70. The van der Waals surface area contributed by atoms with E-state index in [1.165, 1.54) is 23.1 Å². The highest BCUT2D eigenvalue weighted by Crippen LogP contribution is 2.46. The molecule has 2 N–H and O–H groups in total. The summed E-state index contributed by atoms with van der Waals surface area (Å²) < 4.78 is 13.9. The van der Waals surface area contributed by atoms with Gasteiger partial charge in [-0.25, -0.2) is 4.39 Å². The highest BCUT2D eigenvalue weighted by atomic mass is 19.1. The predicted octanol–water partition coefficient (Wildman–Crippen LogP) is 1.30. The molecule has 1 aromatic carbocycles. The molecule has 0 aromatic heterocycles. The van der Waals surface area contributed by atoms with Crippen LogP contribution in [0.1, 0.15) is 25.7 Å². The molecule has 23 heavy (non-hydrogen) atoms. The maximum atomic E-state index is 13.9. The number of hydrogen-bond acceptors (Lipinski definition) is 3. The van der Waals surface area contributed by atoms with Gasteiger partial charge in [0.1, 0.15) is 17.3 Å². The SMILES string of the molecule is O=C1C(NC(=O)C2(C(=O)O)CC2)CCCN1c1ccccc1F. The number of carboxylic acids is 1. The normalized spacial score (nSPS) is 22.6. The number of nitrogens with zero attached hydrogens (tertiary/aromatic N) is 1. The molecule has 1 aromatic rings. The molecule has 6 nitrogen and oxygen atoms in total. The molecule has 1 saturated heterocycles. The Kier molecular flexibility index (Phi) is 3.79. The molecule has 1 saturated carbocycles. The van der Waals surface area contributed by atoms with Gasteiger partial charge in [-0.2, -0.15) is 0 Å². The number of carbonyl (C=O) groups excluding carboxylic acids is 2. The number of piperidine rings is 1. The van der Waals surface area contributed by atoms with E-state index in [2.05, 4.69) is 5.32 Å². The first-order chi connectivity index (χ1) is 11.0. The molecule has 2 aliphatic rings. The molecule has 1 atom stereocenters. The van der Waals surface area contributed by atoms with Gasteiger partial charge in [0, 0.05) is 6.54 Å². The van der Waals surface area contributed by atoms with Crippen LogP contribution in [0.15, 0.2) is 24.3 Å². The number of carboxylic acid groups (broad SMARTS) is 1. The third-order valence-electron chi connectivity index (χ3n) is 4.48. The van der Waals surface area contributed by atoms with Gasteiger partial charge >= 0.3 is 5.97 Å². The summed E-state index contributed by atoms with van der Waals surface area (Å²) in [5.41, 5.74) is -1.21. The van der Waals surface area contributed by atoms with Crippen molar-refractivity contribution in [2.45, 2.75) is 31.7 Å². The lowest BCUT2D eigenvalue weighted by Gasteiger charge is -2.33. The molecule has 1 heterocycles. The van der Waals surface area contributed by atoms with E-state index in [0.717, 1.165) is 0 Å². The Morgan fingerprint density at radius 2 is 2.00 bits per heavy atom. The fourth-order valence-corrected chi connectivity index (χ4v) is 2.88. The van der Waals surface area contributed by atoms with Gasteiger partial charge in [-0.1, -0.05) is 12.1 Å². The van der Waals surface area contributed by atoms with E-state index < -0.39 is 35.1 Å². The van der Waals surface area contributed by atoms with E-state index in [1.54, 1.807) is 6.07 Å². The van der Waals surface area contributed by atoms with Crippen molar-refractivity contribution in [1.82, 2.24) is 5.32 Å². The lowest BCUT2D eigenvalue weighted by Crippen LogP contribution is -2.54. The molecule has 2 amide bonds. The minimum Gasteiger partial charge on any atom is -0.480 e. The summed E-state index contributed by atoms with van der Waals surface area (Å²) in [6.45, 7) is 0.371. The van der Waals surface area contributed by atoms with E-state index in [1.807, 2.05) is 0 Å². The van der Waals surface area contributed by atoms with Gasteiger partial charge in [0.05, 0.1) is 5.69 Å². The molecule has 2 fully saturated rings. The molecule has 0 spiro atoms. The maximum Gasteiger partial charge on any atom is 0.319 e. The van der Waals surface area contributed by atoms with Crippen molar-refractivity contribution in [3.63, 3.8) is 0 Å². The van der Waals surface area contributed by atoms with Crippen molar-refractivity contribution in [2.75, 3.05) is 11.4 Å². The fraction of sp³-hybridized carbons (Fsp3) is 0.438. The molecular formula is C16H17FN2O4. The first-order valence-electron chi connectivity index (χ1n) is 7.56. The highest BCUT2D eigenvalue weighted by Gasteiger charge is 2.57. The topological polar surface area (TPSA) is 86.7 Å². The predicted molar refractivity (Wildman–Crippen MR) is 79.2 cm³/mol. The monoisotopic (exact) mass is 320 g/mol. The summed E-state index contributed by atoms with van der Waals surface area (Å²) in [6.07, 6.45) is 1.59. The van der Waals surface area contributed by atoms with Gasteiger partial charge in [-0.3, -0.25) is 14.4 Å². The molecule has 0 bridgehead atoms. The van der Waals surface area contributed by atoms with Gasteiger partial charge in [0.25, 0.3) is 0 Å². The Labute approximate surface area is 132 Å². The zero-order valence-electron chi connectivity index (χ0n) is 12.4. The van der Waals surface area contributed by atoms with Gasteiger partial charge in [0.15, 0.2) is 0 Å². The standard InChI is InChI=1S/C16H17FN2O4/c17-10-4-1-2-6-12(10)19-9-3-5-11(13(19)20)18-14(21)16(7-8-16)15(22)23/h1-2,4,6,11H,3,5,7-9H2,(H,18,21)(H,22,23). The van der Waals surface area contributed by atoms with Crippen molar-refractivity contribution in [1.29, 1.82) is 0 Å².